The van der Waals surface area contributed by atoms with Crippen molar-refractivity contribution >= 4 is 5.69 Å². The van der Waals surface area contributed by atoms with Crippen molar-refractivity contribution in [1.29, 1.82) is 0 Å². The predicted molar refractivity (Wildman–Crippen MR) is 68.2 cm³/mol. The summed E-state index contributed by atoms with van der Waals surface area (Å²) in [5, 5.41) is 0. The molecule has 0 unspecified atom stereocenters. The zero-order chi connectivity index (χ0) is 11.3. The van der Waals surface area contributed by atoms with E-state index in [4.69, 9.17) is 0 Å². The van der Waals surface area contributed by atoms with E-state index in [1.165, 1.54) is 24.1 Å². The summed E-state index contributed by atoms with van der Waals surface area (Å²) in [7, 11) is 0. The van der Waals surface area contributed by atoms with Crippen LogP contribution in [0.25, 0.3) is 0 Å². The average Bonchev–Trinajstić information content (AvgIpc) is 2.20. The molecule has 1 aromatic carbocycles. The summed E-state index contributed by atoms with van der Waals surface area (Å²) in [6.45, 7) is 11.6. The van der Waals surface area contributed by atoms with E-state index in [9.17, 15) is 0 Å². The minimum absolute atomic E-state index is 1.07. The number of hydrogen-bond acceptors (Lipinski definition) is 1. The number of para-hydroxylation sites is 1. The molecule has 1 heteroatoms. The van der Waals surface area contributed by atoms with E-state index in [0.29, 0.717) is 0 Å². The van der Waals surface area contributed by atoms with E-state index in [1.807, 2.05) is 0 Å². The minimum Gasteiger partial charge on any atom is -0.346 e. The molecule has 0 saturated carbocycles. The summed E-state index contributed by atoms with van der Waals surface area (Å²) in [6.07, 6.45) is 2.43. The third-order valence-electron chi connectivity index (χ3n) is 2.60. The van der Waals surface area contributed by atoms with Crippen molar-refractivity contribution in [2.24, 2.45) is 0 Å². The molecule has 0 aliphatic rings. The van der Waals surface area contributed by atoms with Gasteiger partial charge in [-0.2, -0.15) is 0 Å². The Morgan fingerprint density at radius 3 is 2.53 bits per heavy atom. The second-order valence-corrected chi connectivity index (χ2v) is 4.03. The lowest BCUT2D eigenvalue weighted by Gasteiger charge is -2.26. The second-order valence-electron chi connectivity index (χ2n) is 4.03. The molecule has 0 heterocycles. The molecule has 1 rings (SSSR count). The second kappa shape index (κ2) is 5.59. The van der Waals surface area contributed by atoms with Crippen LogP contribution in [-0.2, 0) is 0 Å². The summed E-state index contributed by atoms with van der Waals surface area (Å²) in [5.41, 5.74) is 3.73. The molecule has 0 aliphatic heterocycles. The fourth-order valence-electron chi connectivity index (χ4n) is 1.70. The molecule has 1 nitrogen and oxygen atoms in total. The number of hydrogen-bond donors (Lipinski definition) is 0. The summed E-state index contributed by atoms with van der Waals surface area (Å²) in [5.74, 6) is 0. The molecule has 0 aromatic heterocycles. The monoisotopic (exact) mass is 203 g/mol. The molecule has 1 aromatic rings. The van der Waals surface area contributed by atoms with Crippen LogP contribution in [0.3, 0.4) is 0 Å². The van der Waals surface area contributed by atoms with E-state index >= 15 is 0 Å². The van der Waals surface area contributed by atoms with E-state index in [0.717, 1.165) is 12.2 Å². The van der Waals surface area contributed by atoms with Gasteiger partial charge in [0.1, 0.15) is 0 Å². The SMILES string of the molecule is C=C(C)N(CCCC)c1ccccc1C. The standard InChI is InChI=1S/C14H21N/c1-5-6-11-15(12(2)3)14-10-8-7-9-13(14)4/h7-10H,2,5-6,11H2,1,3-4H3. The van der Waals surface area contributed by atoms with Gasteiger partial charge in [-0.25, -0.2) is 0 Å². The Morgan fingerprint density at radius 1 is 1.33 bits per heavy atom. The van der Waals surface area contributed by atoms with Crippen LogP contribution in [0.1, 0.15) is 32.3 Å². The number of nitrogens with zero attached hydrogens (tertiary/aromatic N) is 1. The van der Waals surface area contributed by atoms with Crippen LogP contribution < -0.4 is 4.90 Å². The number of rotatable bonds is 5. The first-order valence-corrected chi connectivity index (χ1v) is 5.65. The van der Waals surface area contributed by atoms with Crippen molar-refractivity contribution < 1.29 is 0 Å². The Kier molecular flexibility index (Phi) is 4.41. The maximum Gasteiger partial charge on any atom is 0.0437 e. The minimum atomic E-state index is 1.07. The highest BCUT2D eigenvalue weighted by Gasteiger charge is 2.08. The summed E-state index contributed by atoms with van der Waals surface area (Å²) >= 11 is 0. The van der Waals surface area contributed by atoms with Crippen LogP contribution in [0.15, 0.2) is 36.5 Å². The summed E-state index contributed by atoms with van der Waals surface area (Å²) in [4.78, 5) is 2.30. The zero-order valence-electron chi connectivity index (χ0n) is 10.1. The summed E-state index contributed by atoms with van der Waals surface area (Å²) in [6, 6.07) is 8.48. The summed E-state index contributed by atoms with van der Waals surface area (Å²) < 4.78 is 0. The topological polar surface area (TPSA) is 3.24 Å². The molecule has 15 heavy (non-hydrogen) atoms. The maximum absolute atomic E-state index is 4.05. The van der Waals surface area contributed by atoms with E-state index in [-0.39, 0.29) is 0 Å². The Hall–Kier alpha value is -1.24. The molecule has 0 spiro atoms. The lowest BCUT2D eigenvalue weighted by molar-refractivity contribution is 0.765. The van der Waals surface area contributed by atoms with Crippen molar-refractivity contribution in [3.63, 3.8) is 0 Å². The lowest BCUT2D eigenvalue weighted by atomic mass is 10.1. The number of benzene rings is 1. The predicted octanol–water partition coefficient (Wildman–Crippen LogP) is 4.14. The molecule has 0 bridgehead atoms. The van der Waals surface area contributed by atoms with Crippen molar-refractivity contribution in [1.82, 2.24) is 0 Å². The molecule has 0 fully saturated rings. The molecule has 0 atom stereocenters. The van der Waals surface area contributed by atoms with Gasteiger partial charge in [0.05, 0.1) is 0 Å². The normalized spacial score (nSPS) is 10.1. The number of anilines is 1. The zero-order valence-corrected chi connectivity index (χ0v) is 10.1. The fourth-order valence-corrected chi connectivity index (χ4v) is 1.70. The van der Waals surface area contributed by atoms with Gasteiger partial charge in [0, 0.05) is 17.9 Å². The van der Waals surface area contributed by atoms with Crippen LogP contribution in [0.4, 0.5) is 5.69 Å². The smallest absolute Gasteiger partial charge is 0.0437 e. The lowest BCUT2D eigenvalue weighted by Crippen LogP contribution is -2.22. The Balaban J connectivity index is 2.89. The maximum atomic E-state index is 4.05. The van der Waals surface area contributed by atoms with Crippen LogP contribution in [0.5, 0.6) is 0 Å². The van der Waals surface area contributed by atoms with Gasteiger partial charge in [0.25, 0.3) is 0 Å². The molecule has 0 radical (unpaired) electrons. The Bertz CT molecular complexity index is 328. The fraction of sp³-hybridized carbons (Fsp3) is 0.429. The highest BCUT2D eigenvalue weighted by molar-refractivity contribution is 5.56. The average molecular weight is 203 g/mol. The van der Waals surface area contributed by atoms with E-state index in [1.54, 1.807) is 0 Å². The van der Waals surface area contributed by atoms with Crippen LogP contribution in [-0.4, -0.2) is 6.54 Å². The van der Waals surface area contributed by atoms with Gasteiger partial charge in [-0.05, 0) is 31.9 Å². The molecule has 0 N–H and O–H groups in total. The van der Waals surface area contributed by atoms with Crippen LogP contribution >= 0.6 is 0 Å². The quantitative estimate of drug-likeness (QED) is 0.695. The van der Waals surface area contributed by atoms with E-state index in [2.05, 4.69) is 56.5 Å². The first-order chi connectivity index (χ1) is 7.16. The number of allylic oxidation sites excluding steroid dienone is 1. The molecule has 0 aliphatic carbocycles. The van der Waals surface area contributed by atoms with Gasteiger partial charge in [0.2, 0.25) is 0 Å². The van der Waals surface area contributed by atoms with Gasteiger partial charge in [-0.1, -0.05) is 38.1 Å². The Morgan fingerprint density at radius 2 is 2.00 bits per heavy atom. The van der Waals surface area contributed by atoms with Crippen LogP contribution in [0.2, 0.25) is 0 Å². The molecule has 0 saturated heterocycles. The first-order valence-electron chi connectivity index (χ1n) is 5.65. The molecule has 82 valence electrons. The molecule has 0 amide bonds. The van der Waals surface area contributed by atoms with Gasteiger partial charge in [-0.3, -0.25) is 0 Å². The van der Waals surface area contributed by atoms with Gasteiger partial charge < -0.3 is 4.90 Å². The van der Waals surface area contributed by atoms with Gasteiger partial charge in [-0.15, -0.1) is 0 Å². The largest absolute Gasteiger partial charge is 0.346 e. The Labute approximate surface area is 93.4 Å². The third-order valence-corrected chi connectivity index (χ3v) is 2.60. The molecular weight excluding hydrogens is 182 g/mol. The van der Waals surface area contributed by atoms with Crippen molar-refractivity contribution in [3.8, 4) is 0 Å². The highest BCUT2D eigenvalue weighted by atomic mass is 15.1. The number of unbranched alkanes of at least 4 members (excludes halogenated alkanes) is 1. The molecular formula is C14H21N. The third kappa shape index (κ3) is 3.12. The van der Waals surface area contributed by atoms with Gasteiger partial charge in [0.15, 0.2) is 0 Å². The van der Waals surface area contributed by atoms with Crippen molar-refractivity contribution in [2.75, 3.05) is 11.4 Å². The van der Waals surface area contributed by atoms with Crippen LogP contribution in [0, 0.1) is 6.92 Å². The van der Waals surface area contributed by atoms with Crippen molar-refractivity contribution in [3.05, 3.63) is 42.1 Å². The number of aryl methyl sites for hydroxylation is 1. The van der Waals surface area contributed by atoms with E-state index < -0.39 is 0 Å². The first kappa shape index (κ1) is 11.8. The van der Waals surface area contributed by atoms with Gasteiger partial charge >= 0.3 is 0 Å². The van der Waals surface area contributed by atoms with Crippen molar-refractivity contribution in [2.45, 2.75) is 33.6 Å². The highest BCUT2D eigenvalue weighted by Crippen LogP contribution is 2.22.